The molecule has 124 valence electrons. The van der Waals surface area contributed by atoms with Crippen LogP contribution in [-0.2, 0) is 3.63 Å². The molecule has 0 aromatic heterocycles. The standard InChI is InChI=1S/C16H20N2O3S2/c17-13-5-1-11(2-6-13)15(9-19)22-21-23-16(10-20)12-3-7-14(18)8-4-12/h1-8,15-16,19-20H,9-10,17-18H2. The van der Waals surface area contributed by atoms with E-state index in [4.69, 9.17) is 15.1 Å². The average molecular weight is 352 g/mol. The lowest BCUT2D eigenvalue weighted by Gasteiger charge is -2.16. The van der Waals surface area contributed by atoms with Crippen LogP contribution < -0.4 is 11.5 Å². The number of hydrogen-bond acceptors (Lipinski definition) is 7. The molecule has 0 fully saturated rings. The summed E-state index contributed by atoms with van der Waals surface area (Å²) in [4.78, 5) is 0. The highest BCUT2D eigenvalue weighted by Crippen LogP contribution is 2.38. The molecule has 23 heavy (non-hydrogen) atoms. The molecule has 0 amide bonds. The summed E-state index contributed by atoms with van der Waals surface area (Å²) in [6, 6.07) is 14.6. The predicted molar refractivity (Wildman–Crippen MR) is 97.6 cm³/mol. The van der Waals surface area contributed by atoms with Crippen LogP contribution in [0.2, 0.25) is 0 Å². The van der Waals surface area contributed by atoms with Gasteiger partial charge in [-0.05, 0) is 35.4 Å². The predicted octanol–water partition coefficient (Wildman–Crippen LogP) is 2.93. The van der Waals surface area contributed by atoms with Crippen LogP contribution in [0, 0.1) is 0 Å². The molecule has 2 unspecified atom stereocenters. The van der Waals surface area contributed by atoms with Crippen LogP contribution in [-0.4, -0.2) is 23.4 Å². The van der Waals surface area contributed by atoms with Crippen molar-refractivity contribution in [3.8, 4) is 0 Å². The largest absolute Gasteiger partial charge is 0.399 e. The van der Waals surface area contributed by atoms with Gasteiger partial charge in [-0.15, -0.1) is 0 Å². The van der Waals surface area contributed by atoms with Crippen molar-refractivity contribution in [2.45, 2.75) is 10.5 Å². The van der Waals surface area contributed by atoms with Crippen molar-refractivity contribution in [3.63, 3.8) is 0 Å². The molecule has 0 saturated carbocycles. The van der Waals surface area contributed by atoms with Gasteiger partial charge in [0.2, 0.25) is 0 Å². The Kier molecular flexibility index (Phi) is 7.07. The fraction of sp³-hybridized carbons (Fsp3) is 0.250. The van der Waals surface area contributed by atoms with E-state index in [1.165, 1.54) is 0 Å². The Morgan fingerprint density at radius 3 is 1.39 bits per heavy atom. The van der Waals surface area contributed by atoms with Crippen LogP contribution in [0.1, 0.15) is 21.6 Å². The van der Waals surface area contributed by atoms with Crippen LogP contribution in [0.15, 0.2) is 48.5 Å². The zero-order valence-electron chi connectivity index (χ0n) is 12.5. The molecule has 0 spiro atoms. The molecule has 0 aliphatic heterocycles. The smallest absolute Gasteiger partial charge is 0.0804 e. The maximum atomic E-state index is 9.51. The van der Waals surface area contributed by atoms with Crippen molar-refractivity contribution in [2.24, 2.45) is 0 Å². The first-order chi connectivity index (χ1) is 11.1. The second-order valence-electron chi connectivity index (χ2n) is 4.94. The van der Waals surface area contributed by atoms with Gasteiger partial charge < -0.3 is 21.7 Å². The maximum Gasteiger partial charge on any atom is 0.0804 e. The van der Waals surface area contributed by atoms with Crippen molar-refractivity contribution in [2.75, 3.05) is 24.7 Å². The van der Waals surface area contributed by atoms with E-state index in [1.54, 1.807) is 24.3 Å². The third-order valence-corrected chi connectivity index (χ3v) is 5.19. The monoisotopic (exact) mass is 352 g/mol. The number of rotatable bonds is 8. The first-order valence-electron chi connectivity index (χ1n) is 7.05. The molecule has 0 aliphatic rings. The molecule has 7 heteroatoms. The SMILES string of the molecule is Nc1ccc(C(CO)SOSC(CO)c2ccc(N)cc2)cc1. The fourth-order valence-corrected chi connectivity index (χ4v) is 3.52. The van der Waals surface area contributed by atoms with Gasteiger partial charge in [-0.2, -0.15) is 0 Å². The Morgan fingerprint density at radius 2 is 1.09 bits per heavy atom. The van der Waals surface area contributed by atoms with Gasteiger partial charge in [0.25, 0.3) is 0 Å². The number of aliphatic hydroxyl groups excluding tert-OH is 2. The summed E-state index contributed by atoms with van der Waals surface area (Å²) < 4.78 is 5.56. The van der Waals surface area contributed by atoms with Gasteiger partial charge in [0.05, 0.1) is 23.7 Å². The third-order valence-electron chi connectivity index (χ3n) is 3.26. The van der Waals surface area contributed by atoms with E-state index in [1.807, 2.05) is 24.3 Å². The summed E-state index contributed by atoms with van der Waals surface area (Å²) >= 11 is 2.32. The first-order valence-corrected chi connectivity index (χ1v) is 8.66. The highest BCUT2D eigenvalue weighted by molar-refractivity contribution is 8.08. The molecule has 0 heterocycles. The van der Waals surface area contributed by atoms with Gasteiger partial charge in [0.1, 0.15) is 0 Å². The van der Waals surface area contributed by atoms with Crippen molar-refractivity contribution < 1.29 is 13.8 Å². The van der Waals surface area contributed by atoms with Gasteiger partial charge >= 0.3 is 0 Å². The minimum absolute atomic E-state index is 0.0548. The second-order valence-corrected chi connectivity index (χ2v) is 7.00. The number of aliphatic hydroxyl groups is 2. The summed E-state index contributed by atoms with van der Waals surface area (Å²) in [6.07, 6.45) is 0. The highest BCUT2D eigenvalue weighted by atomic mass is 32.2. The third kappa shape index (κ3) is 5.33. The van der Waals surface area contributed by atoms with Gasteiger partial charge in [0.15, 0.2) is 0 Å². The molecule has 5 nitrogen and oxygen atoms in total. The van der Waals surface area contributed by atoms with E-state index >= 15 is 0 Å². The molecule has 6 N–H and O–H groups in total. The lowest BCUT2D eigenvalue weighted by atomic mass is 10.1. The molecule has 2 rings (SSSR count). The normalized spacial score (nSPS) is 13.7. The number of anilines is 2. The molecule has 0 radical (unpaired) electrons. The summed E-state index contributed by atoms with van der Waals surface area (Å²) in [6.45, 7) is -0.110. The lowest BCUT2D eigenvalue weighted by Crippen LogP contribution is -2.02. The zero-order valence-corrected chi connectivity index (χ0v) is 14.1. The Hall–Kier alpha value is -1.38. The Labute approximate surface area is 144 Å². The molecular formula is C16H20N2O3S2. The molecular weight excluding hydrogens is 332 g/mol. The molecule has 0 bridgehead atoms. The molecule has 2 aromatic rings. The highest BCUT2D eigenvalue weighted by Gasteiger charge is 2.16. The number of benzene rings is 2. The Morgan fingerprint density at radius 1 is 0.739 bits per heavy atom. The van der Waals surface area contributed by atoms with Gasteiger partial charge in [0, 0.05) is 35.5 Å². The quantitative estimate of drug-likeness (QED) is 0.428. The van der Waals surface area contributed by atoms with E-state index in [0.29, 0.717) is 11.4 Å². The Balaban J connectivity index is 1.90. The van der Waals surface area contributed by atoms with E-state index in [-0.39, 0.29) is 23.7 Å². The van der Waals surface area contributed by atoms with Crippen LogP contribution in [0.5, 0.6) is 0 Å². The van der Waals surface area contributed by atoms with Crippen molar-refractivity contribution in [1.82, 2.24) is 0 Å². The minimum atomic E-state index is -0.214. The maximum absolute atomic E-state index is 9.51. The van der Waals surface area contributed by atoms with Crippen LogP contribution in [0.25, 0.3) is 0 Å². The van der Waals surface area contributed by atoms with Gasteiger partial charge in [-0.1, -0.05) is 24.3 Å². The van der Waals surface area contributed by atoms with Gasteiger partial charge in [-0.25, -0.2) is 3.63 Å². The number of nitrogen functional groups attached to an aromatic ring is 2. The fourth-order valence-electron chi connectivity index (χ4n) is 1.92. The van der Waals surface area contributed by atoms with E-state index in [2.05, 4.69) is 0 Å². The summed E-state index contributed by atoms with van der Waals surface area (Å²) in [5, 5.41) is 18.6. The Bertz CT molecular complexity index is 540. The summed E-state index contributed by atoms with van der Waals surface area (Å²) in [5.41, 5.74) is 14.5. The molecule has 0 saturated heterocycles. The number of nitrogens with two attached hydrogens (primary N) is 2. The van der Waals surface area contributed by atoms with E-state index in [0.717, 1.165) is 35.2 Å². The summed E-state index contributed by atoms with van der Waals surface area (Å²) in [5.74, 6) is 0. The second kappa shape index (κ2) is 9.05. The van der Waals surface area contributed by atoms with Gasteiger partial charge in [-0.3, -0.25) is 0 Å². The molecule has 2 atom stereocenters. The number of hydrogen-bond donors (Lipinski definition) is 4. The van der Waals surface area contributed by atoms with Crippen LogP contribution in [0.4, 0.5) is 11.4 Å². The topological polar surface area (TPSA) is 102 Å². The minimum Gasteiger partial charge on any atom is -0.399 e. The van der Waals surface area contributed by atoms with Crippen LogP contribution >= 0.6 is 24.1 Å². The average Bonchev–Trinajstić information content (AvgIpc) is 2.57. The van der Waals surface area contributed by atoms with Crippen molar-refractivity contribution >= 4 is 35.5 Å². The van der Waals surface area contributed by atoms with E-state index in [9.17, 15) is 10.2 Å². The first kappa shape index (κ1) is 18.0. The molecule has 2 aromatic carbocycles. The van der Waals surface area contributed by atoms with Crippen molar-refractivity contribution in [1.29, 1.82) is 0 Å². The lowest BCUT2D eigenvalue weighted by molar-refractivity contribution is 0.292. The van der Waals surface area contributed by atoms with Crippen molar-refractivity contribution in [3.05, 3.63) is 59.7 Å². The van der Waals surface area contributed by atoms with Crippen LogP contribution in [0.3, 0.4) is 0 Å². The molecule has 0 aliphatic carbocycles. The zero-order chi connectivity index (χ0) is 16.7. The summed E-state index contributed by atoms with van der Waals surface area (Å²) in [7, 11) is 0. The van der Waals surface area contributed by atoms with E-state index < -0.39 is 0 Å².